The quantitative estimate of drug-likeness (QED) is 0.303. The van der Waals surface area contributed by atoms with E-state index in [-0.39, 0.29) is 38.4 Å². The first kappa shape index (κ1) is 18.1. The molecule has 0 saturated carbocycles. The number of nitrogens with one attached hydrogen (secondary N) is 2. The molecule has 3 atom stereocenters. The lowest BCUT2D eigenvalue weighted by molar-refractivity contribution is -0.268. The predicted octanol–water partition coefficient (Wildman–Crippen LogP) is 2.21. The van der Waals surface area contributed by atoms with Crippen molar-refractivity contribution >= 4 is 11.9 Å². The smallest absolute Gasteiger partial charge is 0.350 e. The Morgan fingerprint density at radius 1 is 1.14 bits per heavy atom. The van der Waals surface area contributed by atoms with E-state index in [9.17, 15) is 26.3 Å². The fourth-order valence-corrected chi connectivity index (χ4v) is 2.68. The van der Waals surface area contributed by atoms with Gasteiger partial charge in [0.1, 0.15) is 6.10 Å². The zero-order chi connectivity index (χ0) is 16.6. The first-order valence-electron chi connectivity index (χ1n) is 6.61. The van der Waals surface area contributed by atoms with Gasteiger partial charge in [0.15, 0.2) is 6.29 Å². The van der Waals surface area contributed by atoms with E-state index in [0.717, 1.165) is 0 Å². The summed E-state index contributed by atoms with van der Waals surface area (Å²) in [7, 11) is 0. The van der Waals surface area contributed by atoms with Crippen LogP contribution in [0.2, 0.25) is 0 Å². The summed E-state index contributed by atoms with van der Waals surface area (Å²) in [6.07, 6.45) is 0.374. The summed E-state index contributed by atoms with van der Waals surface area (Å²) in [6, 6.07) is 0.00692. The van der Waals surface area contributed by atoms with Gasteiger partial charge in [0.05, 0.1) is 6.61 Å². The van der Waals surface area contributed by atoms with Gasteiger partial charge in [-0.05, 0) is 6.42 Å². The second-order valence-electron chi connectivity index (χ2n) is 5.17. The molecular weight excluding hydrogens is 338 g/mol. The van der Waals surface area contributed by atoms with Gasteiger partial charge in [-0.3, -0.25) is 4.72 Å². The van der Waals surface area contributed by atoms with Crippen LogP contribution in [0.3, 0.4) is 0 Å². The van der Waals surface area contributed by atoms with Gasteiger partial charge in [-0.2, -0.15) is 26.3 Å². The molecule has 2 heterocycles. The Bertz CT molecular complexity index is 395. The van der Waals surface area contributed by atoms with Crippen LogP contribution < -0.4 is 10.0 Å². The fraction of sp³-hybridized carbons (Fsp3) is 1.00. The van der Waals surface area contributed by atoms with Gasteiger partial charge < -0.3 is 14.8 Å². The van der Waals surface area contributed by atoms with Crippen LogP contribution in [0.4, 0.5) is 26.3 Å². The minimum atomic E-state index is -5.44. The Morgan fingerprint density at radius 2 is 1.82 bits per heavy atom. The second kappa shape index (κ2) is 6.34. The lowest BCUT2D eigenvalue weighted by Crippen LogP contribution is -2.52. The highest BCUT2D eigenvalue weighted by Crippen LogP contribution is 2.50. The largest absolute Gasteiger partial charge is 0.382 e. The Kier molecular flexibility index (Phi) is 5.22. The predicted molar refractivity (Wildman–Crippen MR) is 67.1 cm³/mol. The number of fused-ring (bicyclic) bond motifs is 1. The summed E-state index contributed by atoms with van der Waals surface area (Å²) >= 11 is -0.699. The molecule has 130 valence electrons. The Labute approximate surface area is 127 Å². The molecule has 2 saturated heterocycles. The van der Waals surface area contributed by atoms with Crippen molar-refractivity contribution in [3.05, 3.63) is 0 Å². The summed E-state index contributed by atoms with van der Waals surface area (Å²) in [4.78, 5) is 0. The molecule has 2 fully saturated rings. The molecule has 2 N–H and O–H groups in total. The fourth-order valence-electron chi connectivity index (χ4n) is 1.99. The zero-order valence-corrected chi connectivity index (χ0v) is 12.4. The number of hydrogen-bond donors (Lipinski definition) is 2. The first-order chi connectivity index (χ1) is 10.1. The van der Waals surface area contributed by atoms with E-state index >= 15 is 0 Å². The molecule has 0 aromatic heterocycles. The highest BCUT2D eigenvalue weighted by Gasteiger charge is 2.69. The summed E-state index contributed by atoms with van der Waals surface area (Å²) < 4.78 is 89.7. The number of halogens is 6. The van der Waals surface area contributed by atoms with Gasteiger partial charge in [0.2, 0.25) is 0 Å². The van der Waals surface area contributed by atoms with Gasteiger partial charge in [0.25, 0.3) is 0 Å². The van der Waals surface area contributed by atoms with Crippen LogP contribution in [-0.2, 0) is 9.47 Å². The van der Waals surface area contributed by atoms with Gasteiger partial charge in [-0.25, -0.2) is 0 Å². The summed E-state index contributed by atoms with van der Waals surface area (Å²) in [5.41, 5.74) is 0. The highest BCUT2D eigenvalue weighted by atomic mass is 32.2. The highest BCUT2D eigenvalue weighted by molar-refractivity contribution is 7.98. The van der Waals surface area contributed by atoms with E-state index < -0.39 is 29.0 Å². The van der Waals surface area contributed by atoms with Gasteiger partial charge >= 0.3 is 17.1 Å². The molecule has 0 amide bonds. The molecule has 22 heavy (non-hydrogen) atoms. The van der Waals surface area contributed by atoms with Crippen molar-refractivity contribution in [2.75, 3.05) is 19.7 Å². The van der Waals surface area contributed by atoms with Gasteiger partial charge in [-0.15, -0.1) is 0 Å². The van der Waals surface area contributed by atoms with Gasteiger partial charge in [-0.1, -0.05) is 0 Å². The molecule has 0 aromatic carbocycles. The summed E-state index contributed by atoms with van der Waals surface area (Å²) in [5, 5.41) is -1.92. The topological polar surface area (TPSA) is 45.8 Å². The average molecular weight is 354 g/mol. The molecule has 2 rings (SSSR count). The SMILES string of the molecule is CC(F)(F)C(F)(F)C(F)(F)SNCCNC1CCOC2OC12. The van der Waals surface area contributed by atoms with Crippen molar-refractivity contribution in [1.29, 1.82) is 0 Å². The van der Waals surface area contributed by atoms with Gasteiger partial charge in [0, 0.05) is 38.0 Å². The van der Waals surface area contributed by atoms with Crippen molar-refractivity contribution in [2.24, 2.45) is 0 Å². The molecule has 11 heteroatoms. The first-order valence-corrected chi connectivity index (χ1v) is 7.43. The van der Waals surface area contributed by atoms with Crippen LogP contribution in [0.1, 0.15) is 13.3 Å². The van der Waals surface area contributed by atoms with E-state index in [1.165, 1.54) is 0 Å². The molecule has 3 unspecified atom stereocenters. The number of epoxide rings is 1. The van der Waals surface area contributed by atoms with Crippen molar-refractivity contribution in [2.45, 2.75) is 48.9 Å². The van der Waals surface area contributed by atoms with Crippen molar-refractivity contribution in [3.63, 3.8) is 0 Å². The maximum Gasteiger partial charge on any atom is 0.382 e. The third kappa shape index (κ3) is 3.81. The number of rotatable bonds is 8. The third-order valence-electron chi connectivity index (χ3n) is 3.34. The van der Waals surface area contributed by atoms with E-state index in [4.69, 9.17) is 9.47 Å². The van der Waals surface area contributed by atoms with Crippen LogP contribution in [-0.4, -0.2) is 55.2 Å². The van der Waals surface area contributed by atoms with Crippen molar-refractivity contribution in [1.82, 2.24) is 10.0 Å². The maximum absolute atomic E-state index is 13.2. The van der Waals surface area contributed by atoms with Crippen LogP contribution in [0, 0.1) is 0 Å². The molecule has 0 radical (unpaired) electrons. The number of ether oxygens (including phenoxy) is 2. The Balaban J connectivity index is 1.67. The molecule has 4 nitrogen and oxygen atoms in total. The average Bonchev–Trinajstić information content (AvgIpc) is 3.16. The van der Waals surface area contributed by atoms with E-state index in [1.807, 2.05) is 4.72 Å². The molecule has 2 aliphatic heterocycles. The standard InChI is InChI=1S/C11H16F6N2O2S/c1-9(12,13)10(14,15)11(16,17)22-19-4-3-18-6-2-5-20-8-7(6)21-8/h6-8,18-19H,2-5H2,1H3. The van der Waals surface area contributed by atoms with E-state index in [2.05, 4.69) is 5.32 Å². The zero-order valence-electron chi connectivity index (χ0n) is 11.6. The minimum absolute atomic E-state index is 0.00692. The van der Waals surface area contributed by atoms with Crippen LogP contribution in [0.15, 0.2) is 0 Å². The normalized spacial score (nSPS) is 29.3. The lowest BCUT2D eigenvalue weighted by atomic mass is 10.1. The van der Waals surface area contributed by atoms with E-state index in [0.29, 0.717) is 13.0 Å². The minimum Gasteiger partial charge on any atom is -0.350 e. The second-order valence-corrected chi connectivity index (χ2v) is 6.17. The Morgan fingerprint density at radius 3 is 2.45 bits per heavy atom. The molecule has 0 aromatic rings. The molecule has 2 aliphatic rings. The van der Waals surface area contributed by atoms with Crippen LogP contribution in [0.25, 0.3) is 0 Å². The Hall–Kier alpha value is -0.230. The summed E-state index contributed by atoms with van der Waals surface area (Å²) in [6.45, 7) is 0.381. The van der Waals surface area contributed by atoms with Crippen molar-refractivity contribution < 1.29 is 35.8 Å². The number of alkyl halides is 6. The third-order valence-corrected chi connectivity index (χ3v) is 4.20. The number of hydrogen-bond acceptors (Lipinski definition) is 5. The lowest BCUT2D eigenvalue weighted by Gasteiger charge is -2.30. The van der Waals surface area contributed by atoms with Crippen LogP contribution in [0.5, 0.6) is 0 Å². The molecular formula is C11H16F6N2O2S. The van der Waals surface area contributed by atoms with E-state index in [1.54, 1.807) is 0 Å². The maximum atomic E-state index is 13.2. The monoisotopic (exact) mass is 354 g/mol. The molecule has 0 spiro atoms. The van der Waals surface area contributed by atoms with Crippen LogP contribution >= 0.6 is 11.9 Å². The summed E-state index contributed by atoms with van der Waals surface area (Å²) in [5.74, 6) is -10.3. The molecule has 0 aliphatic carbocycles. The van der Waals surface area contributed by atoms with Crippen molar-refractivity contribution in [3.8, 4) is 0 Å². The molecule has 0 bridgehead atoms.